The van der Waals surface area contributed by atoms with Gasteiger partial charge in [-0.05, 0) is 67.3 Å². The Kier molecular flexibility index (Phi) is 7.87. The van der Waals surface area contributed by atoms with Crippen molar-refractivity contribution in [1.82, 2.24) is 9.62 Å². The average molecular weight is 473 g/mol. The first-order valence-corrected chi connectivity index (χ1v) is 12.0. The lowest BCUT2D eigenvalue weighted by atomic mass is 9.98. The lowest BCUT2D eigenvalue weighted by Crippen LogP contribution is -2.32. The monoisotopic (exact) mass is 472 g/mol. The second kappa shape index (κ2) is 10.2. The molecule has 3 rings (SSSR count). The number of rotatable bonds is 9. The van der Waals surface area contributed by atoms with Gasteiger partial charge < -0.3 is 9.47 Å². The Morgan fingerprint density at radius 2 is 1.73 bits per heavy atom. The first-order valence-electron chi connectivity index (χ1n) is 9.75. The summed E-state index contributed by atoms with van der Waals surface area (Å²) >= 11 is 11.9. The smallest absolute Gasteiger partial charge is 0.242 e. The van der Waals surface area contributed by atoms with Crippen molar-refractivity contribution >= 4 is 33.2 Å². The van der Waals surface area contributed by atoms with Crippen LogP contribution in [0, 0.1) is 0 Å². The van der Waals surface area contributed by atoms with Gasteiger partial charge in [0.2, 0.25) is 10.0 Å². The maximum Gasteiger partial charge on any atom is 0.242 e. The van der Waals surface area contributed by atoms with E-state index in [0.29, 0.717) is 11.6 Å². The highest BCUT2D eigenvalue weighted by molar-refractivity contribution is 7.89. The molecule has 9 heteroatoms. The molecule has 2 aromatic rings. The summed E-state index contributed by atoms with van der Waals surface area (Å²) in [7, 11) is -0.391. The topological polar surface area (TPSA) is 67.9 Å². The van der Waals surface area contributed by atoms with Crippen molar-refractivity contribution in [3.8, 4) is 11.5 Å². The molecular weight excluding hydrogens is 447 g/mol. The van der Waals surface area contributed by atoms with Gasteiger partial charge in [0.25, 0.3) is 0 Å². The molecule has 0 saturated carbocycles. The molecular formula is C21H26Cl2N2O4S. The van der Waals surface area contributed by atoms with Crippen LogP contribution in [0.5, 0.6) is 11.5 Å². The largest absolute Gasteiger partial charge is 0.493 e. The van der Waals surface area contributed by atoms with Crippen molar-refractivity contribution < 1.29 is 17.9 Å². The van der Waals surface area contributed by atoms with E-state index < -0.39 is 10.0 Å². The highest BCUT2D eigenvalue weighted by atomic mass is 35.5. The quantitative estimate of drug-likeness (QED) is 0.555. The van der Waals surface area contributed by atoms with Crippen LogP contribution >= 0.6 is 23.2 Å². The highest BCUT2D eigenvalue weighted by Crippen LogP contribution is 2.33. The Bertz CT molecular complexity index is 999. The predicted molar refractivity (Wildman–Crippen MR) is 119 cm³/mol. The molecule has 0 fully saturated rings. The van der Waals surface area contributed by atoms with E-state index in [2.05, 4.69) is 15.7 Å². The Balaban J connectivity index is 1.48. The van der Waals surface area contributed by atoms with E-state index >= 15 is 0 Å². The summed E-state index contributed by atoms with van der Waals surface area (Å²) < 4.78 is 38.3. The second-order valence-corrected chi connectivity index (χ2v) is 9.76. The fourth-order valence-corrected chi connectivity index (χ4v) is 5.39. The molecule has 1 aliphatic heterocycles. The number of sulfonamides is 1. The van der Waals surface area contributed by atoms with E-state index in [1.165, 1.54) is 23.3 Å². The number of fused-ring (bicyclic) bond motifs is 1. The molecule has 0 saturated heterocycles. The number of hydrogen-bond acceptors (Lipinski definition) is 5. The van der Waals surface area contributed by atoms with Gasteiger partial charge in [0, 0.05) is 24.7 Å². The minimum absolute atomic E-state index is 0.00804. The maximum atomic E-state index is 12.4. The molecule has 2 aromatic carbocycles. The second-order valence-electron chi connectivity index (χ2n) is 7.18. The van der Waals surface area contributed by atoms with Crippen LogP contribution < -0.4 is 14.2 Å². The first kappa shape index (κ1) is 23.2. The molecule has 0 bridgehead atoms. The summed E-state index contributed by atoms with van der Waals surface area (Å²) in [4.78, 5) is 2.38. The number of nitrogens with zero attached hydrogens (tertiary/aromatic N) is 1. The van der Waals surface area contributed by atoms with E-state index in [0.717, 1.165) is 50.4 Å². The van der Waals surface area contributed by atoms with Gasteiger partial charge in [-0.25, -0.2) is 13.1 Å². The van der Waals surface area contributed by atoms with Gasteiger partial charge in [0.1, 0.15) is 4.90 Å². The minimum Gasteiger partial charge on any atom is -0.493 e. The van der Waals surface area contributed by atoms with Crippen LogP contribution in [0.4, 0.5) is 0 Å². The van der Waals surface area contributed by atoms with Crippen molar-refractivity contribution in [2.24, 2.45) is 0 Å². The fraction of sp³-hybridized carbons (Fsp3) is 0.429. The number of unbranched alkanes of at least 4 members (excludes halogenated alkanes) is 1. The molecule has 0 atom stereocenters. The van der Waals surface area contributed by atoms with Crippen LogP contribution in [-0.2, 0) is 23.0 Å². The molecule has 6 nitrogen and oxygen atoms in total. The molecule has 1 heterocycles. The third-order valence-corrected chi connectivity index (χ3v) is 7.35. The summed E-state index contributed by atoms with van der Waals surface area (Å²) in [5, 5.41) is 0.491. The fourth-order valence-electron chi connectivity index (χ4n) is 3.56. The summed E-state index contributed by atoms with van der Waals surface area (Å²) in [6.45, 7) is 3.06. The van der Waals surface area contributed by atoms with Crippen molar-refractivity contribution in [1.29, 1.82) is 0 Å². The van der Waals surface area contributed by atoms with Gasteiger partial charge in [-0.1, -0.05) is 23.2 Å². The lowest BCUT2D eigenvalue weighted by Gasteiger charge is -2.29. The van der Waals surface area contributed by atoms with Gasteiger partial charge in [-0.2, -0.15) is 0 Å². The number of nitrogens with one attached hydrogen (secondary N) is 1. The van der Waals surface area contributed by atoms with Crippen LogP contribution in [0.2, 0.25) is 10.0 Å². The normalized spacial score (nSPS) is 14.4. The molecule has 0 amide bonds. The maximum absolute atomic E-state index is 12.4. The third-order valence-electron chi connectivity index (χ3n) is 5.17. The molecule has 0 spiro atoms. The number of hydrogen-bond donors (Lipinski definition) is 1. The van der Waals surface area contributed by atoms with Gasteiger partial charge in [0.05, 0.1) is 19.2 Å². The van der Waals surface area contributed by atoms with E-state index in [1.807, 2.05) is 6.07 Å². The minimum atomic E-state index is -3.68. The zero-order valence-electron chi connectivity index (χ0n) is 17.1. The first-order chi connectivity index (χ1) is 14.3. The van der Waals surface area contributed by atoms with Crippen molar-refractivity contribution in [3.63, 3.8) is 0 Å². The third kappa shape index (κ3) is 5.59. The van der Waals surface area contributed by atoms with E-state index in [9.17, 15) is 8.42 Å². The van der Waals surface area contributed by atoms with Gasteiger partial charge in [0.15, 0.2) is 11.5 Å². The Morgan fingerprint density at radius 3 is 2.43 bits per heavy atom. The van der Waals surface area contributed by atoms with Crippen LogP contribution in [0.15, 0.2) is 35.2 Å². The molecule has 30 heavy (non-hydrogen) atoms. The Morgan fingerprint density at radius 1 is 1.03 bits per heavy atom. The molecule has 1 N–H and O–H groups in total. The zero-order chi connectivity index (χ0) is 21.7. The molecule has 1 aliphatic rings. The molecule has 0 unspecified atom stereocenters. The SMILES string of the molecule is COc1cc2c(cc1OC)CN(CCCCNS(=O)(=O)c1cc(Cl)ccc1Cl)CC2. The Labute approximate surface area is 188 Å². The van der Waals surface area contributed by atoms with Crippen LogP contribution in [0.3, 0.4) is 0 Å². The van der Waals surface area contributed by atoms with Gasteiger partial charge in [-0.15, -0.1) is 0 Å². The van der Waals surface area contributed by atoms with Crippen molar-refractivity contribution in [2.75, 3.05) is 33.9 Å². The predicted octanol–water partition coefficient (Wildman–Crippen LogP) is 4.13. The number of ether oxygens (including phenoxy) is 2. The van der Waals surface area contributed by atoms with Crippen molar-refractivity contribution in [3.05, 3.63) is 51.5 Å². The molecule has 0 radical (unpaired) electrons. The lowest BCUT2D eigenvalue weighted by molar-refractivity contribution is 0.248. The number of methoxy groups -OCH3 is 2. The van der Waals surface area contributed by atoms with E-state index in [4.69, 9.17) is 32.7 Å². The highest BCUT2D eigenvalue weighted by Gasteiger charge is 2.20. The van der Waals surface area contributed by atoms with Crippen LogP contribution in [-0.4, -0.2) is 47.2 Å². The van der Waals surface area contributed by atoms with Crippen molar-refractivity contribution in [2.45, 2.75) is 30.7 Å². The Hall–Kier alpha value is -1.51. The number of benzene rings is 2. The zero-order valence-corrected chi connectivity index (χ0v) is 19.4. The molecule has 0 aliphatic carbocycles. The summed E-state index contributed by atoms with van der Waals surface area (Å²) in [5.41, 5.74) is 2.53. The number of halogens is 2. The van der Waals surface area contributed by atoms with Gasteiger partial charge >= 0.3 is 0 Å². The summed E-state index contributed by atoms with van der Waals surface area (Å²) in [6, 6.07) is 8.51. The van der Waals surface area contributed by atoms with Crippen LogP contribution in [0.25, 0.3) is 0 Å². The van der Waals surface area contributed by atoms with E-state index in [-0.39, 0.29) is 9.92 Å². The summed E-state index contributed by atoms with van der Waals surface area (Å²) in [5.74, 6) is 1.50. The van der Waals surface area contributed by atoms with Gasteiger partial charge in [-0.3, -0.25) is 4.90 Å². The average Bonchev–Trinajstić information content (AvgIpc) is 2.73. The standard InChI is InChI=1S/C21H26Cl2N2O4S/c1-28-19-11-15-7-10-25(14-16(15)12-20(19)29-2)9-4-3-8-24-30(26,27)21-13-17(22)5-6-18(21)23/h5-6,11-13,24H,3-4,7-10,14H2,1-2H3. The molecule has 164 valence electrons. The summed E-state index contributed by atoms with van der Waals surface area (Å²) in [6.07, 6.45) is 2.57. The van der Waals surface area contributed by atoms with E-state index in [1.54, 1.807) is 20.3 Å². The van der Waals surface area contributed by atoms with Crippen LogP contribution in [0.1, 0.15) is 24.0 Å². The molecule has 0 aromatic heterocycles.